The Morgan fingerprint density at radius 1 is 1.00 bits per heavy atom. The number of unbranched alkanes of at least 4 members (excludes halogenated alkanes) is 5. The van der Waals surface area contributed by atoms with Gasteiger partial charge in [-0.2, -0.15) is 11.3 Å². The van der Waals surface area contributed by atoms with Gasteiger partial charge >= 0.3 is 0 Å². The molecule has 90 valence electrons. The molecule has 0 unspecified atom stereocenters. The van der Waals surface area contributed by atoms with Crippen LogP contribution in [0.4, 0.5) is 0 Å². The molecule has 2 heteroatoms. The lowest BCUT2D eigenvalue weighted by Crippen LogP contribution is -2.17. The van der Waals surface area contributed by atoms with Gasteiger partial charge in [0.25, 0.3) is 0 Å². The van der Waals surface area contributed by atoms with Crippen molar-refractivity contribution in [3.63, 3.8) is 0 Å². The van der Waals surface area contributed by atoms with Crippen LogP contribution in [0.15, 0.2) is 10.8 Å². The highest BCUT2D eigenvalue weighted by atomic mass is 32.1. The largest absolute Gasteiger partial charge is 0.295 e. The van der Waals surface area contributed by atoms with Gasteiger partial charge in [-0.05, 0) is 34.9 Å². The maximum Gasteiger partial charge on any atom is 0.0248 e. The fourth-order valence-corrected chi connectivity index (χ4v) is 3.29. The first-order valence-corrected chi connectivity index (χ1v) is 7.60. The van der Waals surface area contributed by atoms with Gasteiger partial charge in [-0.15, -0.1) is 0 Å². The molecule has 0 atom stereocenters. The minimum Gasteiger partial charge on any atom is -0.295 e. The summed E-state index contributed by atoms with van der Waals surface area (Å²) in [5.41, 5.74) is 3.16. The Hall–Kier alpha value is -0.340. The van der Waals surface area contributed by atoms with Crippen LogP contribution in [0.25, 0.3) is 0 Å². The van der Waals surface area contributed by atoms with E-state index in [1.807, 2.05) is 11.3 Å². The lowest BCUT2D eigenvalue weighted by molar-refractivity contribution is 0.276. The minimum absolute atomic E-state index is 1.20. The normalized spacial score (nSPS) is 15.6. The summed E-state index contributed by atoms with van der Waals surface area (Å²) in [6, 6.07) is 0. The molecule has 1 aromatic rings. The van der Waals surface area contributed by atoms with Crippen molar-refractivity contribution in [1.29, 1.82) is 0 Å². The third kappa shape index (κ3) is 3.33. The summed E-state index contributed by atoms with van der Waals surface area (Å²) in [4.78, 5) is 2.59. The third-order valence-electron chi connectivity index (χ3n) is 3.45. The fourth-order valence-electron chi connectivity index (χ4n) is 2.44. The van der Waals surface area contributed by atoms with Gasteiger partial charge in [0.15, 0.2) is 0 Å². The van der Waals surface area contributed by atoms with Gasteiger partial charge in [0.05, 0.1) is 0 Å². The topological polar surface area (TPSA) is 3.24 Å². The van der Waals surface area contributed by atoms with E-state index in [1.165, 1.54) is 58.2 Å². The first-order valence-electron chi connectivity index (χ1n) is 6.66. The number of rotatable bonds is 7. The minimum atomic E-state index is 1.20. The lowest BCUT2D eigenvalue weighted by Gasteiger charge is -2.14. The van der Waals surface area contributed by atoms with E-state index in [-0.39, 0.29) is 0 Å². The fraction of sp³-hybridized carbons (Fsp3) is 0.714. The van der Waals surface area contributed by atoms with E-state index in [9.17, 15) is 0 Å². The molecule has 0 bridgehead atoms. The molecule has 0 N–H and O–H groups in total. The molecule has 2 heterocycles. The quantitative estimate of drug-likeness (QED) is 0.634. The molecule has 0 saturated heterocycles. The van der Waals surface area contributed by atoms with Gasteiger partial charge in [-0.25, -0.2) is 0 Å². The molecule has 1 aliphatic rings. The second-order valence-corrected chi connectivity index (χ2v) is 5.64. The summed E-state index contributed by atoms with van der Waals surface area (Å²) in [6.07, 6.45) is 8.44. The highest BCUT2D eigenvalue weighted by Gasteiger charge is 2.18. The van der Waals surface area contributed by atoms with E-state index in [2.05, 4.69) is 22.6 Å². The molecule has 0 spiro atoms. The summed E-state index contributed by atoms with van der Waals surface area (Å²) >= 11 is 1.85. The van der Waals surface area contributed by atoms with Crippen molar-refractivity contribution in [3.8, 4) is 0 Å². The van der Waals surface area contributed by atoms with Crippen molar-refractivity contribution in [1.82, 2.24) is 4.90 Å². The zero-order valence-electron chi connectivity index (χ0n) is 10.4. The van der Waals surface area contributed by atoms with Crippen LogP contribution in [0.1, 0.15) is 56.6 Å². The number of thiophene rings is 1. The van der Waals surface area contributed by atoms with Crippen LogP contribution in [-0.2, 0) is 13.1 Å². The highest BCUT2D eigenvalue weighted by Crippen LogP contribution is 2.26. The average Bonchev–Trinajstić information content (AvgIpc) is 2.83. The molecule has 0 saturated carbocycles. The van der Waals surface area contributed by atoms with E-state index in [0.717, 1.165) is 0 Å². The van der Waals surface area contributed by atoms with Crippen molar-refractivity contribution in [2.45, 2.75) is 58.5 Å². The van der Waals surface area contributed by atoms with Gasteiger partial charge in [0, 0.05) is 13.1 Å². The van der Waals surface area contributed by atoms with Crippen molar-refractivity contribution >= 4 is 11.3 Å². The standard InChI is InChI=1S/C14H23NS/c1-2-3-4-5-6-7-8-15-9-13-11-16-12-14(13)10-15/h11-12H,2-10H2,1H3. The molecule has 1 aromatic heterocycles. The first kappa shape index (κ1) is 12.1. The molecule has 0 fully saturated rings. The van der Waals surface area contributed by atoms with E-state index in [1.54, 1.807) is 11.1 Å². The molecule has 1 aliphatic heterocycles. The number of hydrogen-bond acceptors (Lipinski definition) is 2. The predicted octanol–water partition coefficient (Wildman–Crippen LogP) is 4.42. The zero-order valence-corrected chi connectivity index (χ0v) is 11.2. The van der Waals surface area contributed by atoms with E-state index >= 15 is 0 Å². The number of fused-ring (bicyclic) bond motifs is 1. The molecule has 1 nitrogen and oxygen atoms in total. The Bertz CT molecular complexity index is 285. The van der Waals surface area contributed by atoms with Crippen LogP contribution in [0, 0.1) is 0 Å². The van der Waals surface area contributed by atoms with E-state index in [4.69, 9.17) is 0 Å². The third-order valence-corrected chi connectivity index (χ3v) is 4.29. The maximum atomic E-state index is 2.59. The molecule has 0 radical (unpaired) electrons. The second-order valence-electron chi connectivity index (χ2n) is 4.90. The Morgan fingerprint density at radius 3 is 2.31 bits per heavy atom. The summed E-state index contributed by atoms with van der Waals surface area (Å²) < 4.78 is 0. The van der Waals surface area contributed by atoms with Crippen LogP contribution in [0.5, 0.6) is 0 Å². The van der Waals surface area contributed by atoms with Crippen LogP contribution < -0.4 is 0 Å². The smallest absolute Gasteiger partial charge is 0.0248 e. The van der Waals surface area contributed by atoms with Gasteiger partial charge in [0.2, 0.25) is 0 Å². The van der Waals surface area contributed by atoms with Crippen LogP contribution in [-0.4, -0.2) is 11.4 Å². The summed E-state index contributed by atoms with van der Waals surface area (Å²) in [7, 11) is 0. The average molecular weight is 237 g/mol. The van der Waals surface area contributed by atoms with Gasteiger partial charge in [-0.3, -0.25) is 4.90 Å². The first-order chi connectivity index (χ1) is 7.90. The molecule has 0 aliphatic carbocycles. The summed E-state index contributed by atoms with van der Waals surface area (Å²) in [6.45, 7) is 5.98. The number of nitrogens with zero attached hydrogens (tertiary/aromatic N) is 1. The van der Waals surface area contributed by atoms with Crippen molar-refractivity contribution < 1.29 is 0 Å². The summed E-state index contributed by atoms with van der Waals surface area (Å²) in [5, 5.41) is 4.63. The van der Waals surface area contributed by atoms with Crippen molar-refractivity contribution in [2.75, 3.05) is 6.54 Å². The van der Waals surface area contributed by atoms with Crippen LogP contribution in [0.3, 0.4) is 0 Å². The van der Waals surface area contributed by atoms with Gasteiger partial charge in [-0.1, -0.05) is 39.0 Å². The van der Waals surface area contributed by atoms with Gasteiger partial charge < -0.3 is 0 Å². The molecule has 16 heavy (non-hydrogen) atoms. The lowest BCUT2D eigenvalue weighted by atomic mass is 10.1. The number of hydrogen-bond donors (Lipinski definition) is 0. The Balaban J connectivity index is 1.54. The maximum absolute atomic E-state index is 2.59. The molecule has 0 amide bonds. The molecular formula is C14H23NS. The van der Waals surface area contributed by atoms with Crippen LogP contribution in [0.2, 0.25) is 0 Å². The molecular weight excluding hydrogens is 214 g/mol. The predicted molar refractivity (Wildman–Crippen MR) is 71.8 cm³/mol. The molecule has 2 rings (SSSR count). The Morgan fingerprint density at radius 2 is 1.62 bits per heavy atom. The molecule has 0 aromatic carbocycles. The summed E-state index contributed by atoms with van der Waals surface area (Å²) in [5.74, 6) is 0. The van der Waals surface area contributed by atoms with E-state index in [0.29, 0.717) is 0 Å². The van der Waals surface area contributed by atoms with Crippen LogP contribution >= 0.6 is 11.3 Å². The monoisotopic (exact) mass is 237 g/mol. The zero-order chi connectivity index (χ0) is 11.2. The van der Waals surface area contributed by atoms with Crippen molar-refractivity contribution in [2.24, 2.45) is 0 Å². The SMILES string of the molecule is CCCCCCCCN1Cc2cscc2C1. The Kier molecular flexibility index (Phi) is 4.86. The van der Waals surface area contributed by atoms with Gasteiger partial charge in [0.1, 0.15) is 0 Å². The highest BCUT2D eigenvalue weighted by molar-refractivity contribution is 7.08. The Labute approximate surface area is 103 Å². The second kappa shape index (κ2) is 6.41. The van der Waals surface area contributed by atoms with Crippen molar-refractivity contribution in [3.05, 3.63) is 21.9 Å². The van der Waals surface area contributed by atoms with E-state index < -0.39 is 0 Å².